The van der Waals surface area contributed by atoms with Crippen molar-refractivity contribution in [2.24, 2.45) is 0 Å². The molecule has 2 aromatic rings. The molecular weight excluding hydrogens is 224 g/mol. The Morgan fingerprint density at radius 1 is 1.62 bits per heavy atom. The highest BCUT2D eigenvalue weighted by molar-refractivity contribution is 7.15. The maximum absolute atomic E-state index is 10.5. The third kappa shape index (κ3) is 2.09. The number of rotatable bonds is 4. The number of fused-ring (bicyclic) bond motifs is 1. The Morgan fingerprint density at radius 3 is 3.00 bits per heavy atom. The fourth-order valence-corrected chi connectivity index (χ4v) is 2.45. The number of imidazole rings is 1. The third-order valence-electron chi connectivity index (χ3n) is 2.49. The van der Waals surface area contributed by atoms with Crippen LogP contribution in [0, 0.1) is 0 Å². The summed E-state index contributed by atoms with van der Waals surface area (Å²) >= 11 is 1.56. The van der Waals surface area contributed by atoms with Crippen LogP contribution in [0.1, 0.15) is 37.6 Å². The Balaban J connectivity index is 2.28. The molecule has 0 saturated carbocycles. The predicted molar refractivity (Wildman–Crippen MR) is 63.1 cm³/mol. The molecule has 0 aromatic carbocycles. The smallest absolute Gasteiger partial charge is 0.303 e. The van der Waals surface area contributed by atoms with E-state index in [1.165, 1.54) is 0 Å². The summed E-state index contributed by atoms with van der Waals surface area (Å²) < 4.78 is 2.00. The van der Waals surface area contributed by atoms with E-state index in [1.54, 1.807) is 11.3 Å². The van der Waals surface area contributed by atoms with Crippen LogP contribution in [0.25, 0.3) is 4.96 Å². The summed E-state index contributed by atoms with van der Waals surface area (Å²) in [5.74, 6) is -0.358. The summed E-state index contributed by atoms with van der Waals surface area (Å²) in [7, 11) is 0. The van der Waals surface area contributed by atoms with E-state index < -0.39 is 5.97 Å². The van der Waals surface area contributed by atoms with Gasteiger partial charge in [-0.15, -0.1) is 11.3 Å². The maximum Gasteiger partial charge on any atom is 0.303 e. The zero-order valence-corrected chi connectivity index (χ0v) is 10.1. The second-order valence-electron chi connectivity index (χ2n) is 4.09. The number of hydrogen-bond acceptors (Lipinski definition) is 3. The molecule has 86 valence electrons. The number of aromatic nitrogens is 2. The first-order valence-corrected chi connectivity index (χ1v) is 6.13. The summed E-state index contributed by atoms with van der Waals surface area (Å²) in [6.07, 6.45) is 2.73. The van der Waals surface area contributed by atoms with E-state index in [9.17, 15) is 4.79 Å². The van der Waals surface area contributed by atoms with Crippen LogP contribution in [0.3, 0.4) is 0 Å². The fourth-order valence-electron chi connectivity index (χ4n) is 1.54. The van der Waals surface area contributed by atoms with Crippen LogP contribution >= 0.6 is 11.3 Å². The third-order valence-corrected chi connectivity index (χ3v) is 3.38. The van der Waals surface area contributed by atoms with Gasteiger partial charge >= 0.3 is 5.97 Å². The van der Waals surface area contributed by atoms with E-state index in [2.05, 4.69) is 18.8 Å². The lowest BCUT2D eigenvalue weighted by Crippen LogP contribution is -1.99. The Kier molecular flexibility index (Phi) is 2.96. The first-order valence-electron chi connectivity index (χ1n) is 5.25. The molecule has 16 heavy (non-hydrogen) atoms. The lowest BCUT2D eigenvalue weighted by atomic mass is 10.2. The van der Waals surface area contributed by atoms with Gasteiger partial charge in [-0.25, -0.2) is 4.98 Å². The minimum Gasteiger partial charge on any atom is -0.481 e. The fraction of sp³-hybridized carbons (Fsp3) is 0.455. The van der Waals surface area contributed by atoms with Gasteiger partial charge in [-0.05, 0) is 12.3 Å². The molecule has 2 aromatic heterocycles. The van der Waals surface area contributed by atoms with Crippen molar-refractivity contribution in [3.63, 3.8) is 0 Å². The number of carboxylic acids is 1. The lowest BCUT2D eigenvalue weighted by molar-refractivity contribution is -0.136. The van der Waals surface area contributed by atoms with Gasteiger partial charge in [0.05, 0.1) is 12.1 Å². The van der Waals surface area contributed by atoms with Gasteiger partial charge in [-0.1, -0.05) is 13.8 Å². The number of carboxylic acid groups (broad SMARTS) is 1. The molecule has 0 aliphatic carbocycles. The van der Waals surface area contributed by atoms with Crippen molar-refractivity contribution in [3.05, 3.63) is 23.0 Å². The number of nitrogens with zero attached hydrogens (tertiary/aromatic N) is 2. The van der Waals surface area contributed by atoms with Gasteiger partial charge in [-0.3, -0.25) is 9.20 Å². The highest BCUT2D eigenvalue weighted by Gasteiger charge is 2.10. The average molecular weight is 238 g/mol. The summed E-state index contributed by atoms with van der Waals surface area (Å²) in [6.45, 7) is 4.20. The van der Waals surface area contributed by atoms with E-state index in [0.717, 1.165) is 16.3 Å². The van der Waals surface area contributed by atoms with Crippen molar-refractivity contribution in [1.82, 2.24) is 9.38 Å². The van der Waals surface area contributed by atoms with E-state index >= 15 is 0 Å². The van der Waals surface area contributed by atoms with Crippen molar-refractivity contribution in [3.8, 4) is 0 Å². The number of thiazole rings is 1. The van der Waals surface area contributed by atoms with Crippen molar-refractivity contribution in [1.29, 1.82) is 0 Å². The number of carbonyl (C=O) groups is 1. The topological polar surface area (TPSA) is 54.6 Å². The highest BCUT2D eigenvalue weighted by atomic mass is 32.1. The van der Waals surface area contributed by atoms with Crippen LogP contribution in [0.4, 0.5) is 0 Å². The monoisotopic (exact) mass is 238 g/mol. The molecule has 0 radical (unpaired) electrons. The zero-order valence-electron chi connectivity index (χ0n) is 9.30. The van der Waals surface area contributed by atoms with Crippen LogP contribution in [0.2, 0.25) is 0 Å². The van der Waals surface area contributed by atoms with Crippen molar-refractivity contribution in [2.75, 3.05) is 0 Å². The average Bonchev–Trinajstić information content (AvgIpc) is 2.73. The van der Waals surface area contributed by atoms with Gasteiger partial charge in [-0.2, -0.15) is 0 Å². The van der Waals surface area contributed by atoms with Gasteiger partial charge in [0, 0.05) is 17.3 Å². The summed E-state index contributed by atoms with van der Waals surface area (Å²) in [5, 5.41) is 10.6. The second kappa shape index (κ2) is 4.25. The number of hydrogen-bond donors (Lipinski definition) is 1. The van der Waals surface area contributed by atoms with E-state index in [1.807, 2.05) is 16.0 Å². The lowest BCUT2D eigenvalue weighted by Gasteiger charge is -1.97. The molecule has 0 aliphatic heterocycles. The van der Waals surface area contributed by atoms with E-state index in [0.29, 0.717) is 12.3 Å². The summed E-state index contributed by atoms with van der Waals surface area (Å²) in [5.41, 5.74) is 2.09. The Labute approximate surface area is 97.6 Å². The van der Waals surface area contributed by atoms with Gasteiger partial charge in [0.2, 0.25) is 0 Å². The zero-order chi connectivity index (χ0) is 11.7. The van der Waals surface area contributed by atoms with Gasteiger partial charge in [0.25, 0.3) is 0 Å². The number of aliphatic carboxylic acids is 1. The SMILES string of the molecule is CC(C)c1cn2c(CCC(=O)O)csc2n1. The van der Waals surface area contributed by atoms with Crippen LogP contribution in [-0.2, 0) is 11.2 Å². The molecule has 2 heterocycles. The molecule has 0 aliphatic rings. The molecule has 5 heteroatoms. The first kappa shape index (κ1) is 11.1. The van der Waals surface area contributed by atoms with Crippen LogP contribution in [-0.4, -0.2) is 20.5 Å². The van der Waals surface area contributed by atoms with Crippen LogP contribution in [0.5, 0.6) is 0 Å². The quantitative estimate of drug-likeness (QED) is 0.890. The van der Waals surface area contributed by atoms with Gasteiger partial charge in [0.1, 0.15) is 0 Å². The molecular formula is C11H14N2O2S. The normalized spacial score (nSPS) is 11.4. The molecule has 0 bridgehead atoms. The van der Waals surface area contributed by atoms with Gasteiger partial charge < -0.3 is 5.11 Å². The number of aryl methyl sites for hydroxylation is 1. The molecule has 0 fully saturated rings. The minimum atomic E-state index is -0.761. The first-order chi connectivity index (χ1) is 7.58. The van der Waals surface area contributed by atoms with Crippen molar-refractivity contribution < 1.29 is 9.90 Å². The van der Waals surface area contributed by atoms with E-state index in [-0.39, 0.29) is 6.42 Å². The van der Waals surface area contributed by atoms with Crippen molar-refractivity contribution >= 4 is 22.3 Å². The summed E-state index contributed by atoms with van der Waals surface area (Å²) in [4.78, 5) is 16.0. The van der Waals surface area contributed by atoms with Crippen molar-refractivity contribution in [2.45, 2.75) is 32.6 Å². The predicted octanol–water partition coefficient (Wildman–Crippen LogP) is 2.54. The van der Waals surface area contributed by atoms with Gasteiger partial charge in [0.15, 0.2) is 4.96 Å². The molecule has 0 saturated heterocycles. The molecule has 4 nitrogen and oxygen atoms in total. The molecule has 0 atom stereocenters. The Bertz CT molecular complexity index is 513. The molecule has 1 N–H and O–H groups in total. The largest absolute Gasteiger partial charge is 0.481 e. The highest BCUT2D eigenvalue weighted by Crippen LogP contribution is 2.21. The Hall–Kier alpha value is -1.36. The standard InChI is InChI=1S/C11H14N2O2S/c1-7(2)9-5-13-8(3-4-10(14)15)6-16-11(13)12-9/h5-7H,3-4H2,1-2H3,(H,14,15). The van der Waals surface area contributed by atoms with E-state index in [4.69, 9.17) is 5.11 Å². The van der Waals surface area contributed by atoms with Crippen LogP contribution < -0.4 is 0 Å². The summed E-state index contributed by atoms with van der Waals surface area (Å²) in [6, 6.07) is 0. The molecule has 0 unspecified atom stereocenters. The second-order valence-corrected chi connectivity index (χ2v) is 4.93. The molecule has 0 spiro atoms. The molecule has 0 amide bonds. The minimum absolute atomic E-state index is 0.168. The maximum atomic E-state index is 10.5. The Morgan fingerprint density at radius 2 is 2.38 bits per heavy atom. The van der Waals surface area contributed by atoms with Crippen LogP contribution in [0.15, 0.2) is 11.6 Å². The molecule has 2 rings (SSSR count).